The maximum Gasteiger partial charge on any atom is 0.134 e. The Balaban J connectivity index is 1.59. The van der Waals surface area contributed by atoms with Gasteiger partial charge in [-0.05, 0) is 25.1 Å². The number of H-pyrrole nitrogens is 1. The van der Waals surface area contributed by atoms with Crippen molar-refractivity contribution in [2.75, 3.05) is 18.0 Å². The predicted octanol–water partition coefficient (Wildman–Crippen LogP) is 2.04. The molecule has 18 heavy (non-hydrogen) atoms. The molecule has 1 aromatic carbocycles. The molecule has 4 rings (SSSR count). The lowest BCUT2D eigenvalue weighted by Gasteiger charge is -2.55. The van der Waals surface area contributed by atoms with Crippen LogP contribution in [0.25, 0.3) is 10.9 Å². The van der Waals surface area contributed by atoms with Crippen molar-refractivity contribution in [1.29, 1.82) is 0 Å². The van der Waals surface area contributed by atoms with Crippen LogP contribution >= 0.6 is 0 Å². The minimum absolute atomic E-state index is 0.315. The van der Waals surface area contributed by atoms with Crippen LogP contribution in [0.1, 0.15) is 18.5 Å². The molecule has 2 heterocycles. The van der Waals surface area contributed by atoms with Gasteiger partial charge in [-0.2, -0.15) is 5.10 Å². The van der Waals surface area contributed by atoms with Gasteiger partial charge in [0.05, 0.1) is 11.2 Å². The van der Waals surface area contributed by atoms with Gasteiger partial charge in [0.2, 0.25) is 0 Å². The van der Waals surface area contributed by atoms with Gasteiger partial charge in [-0.1, -0.05) is 0 Å². The number of Topliss-reactive ketones (excluding diaryl/α,β-unsaturated/α-hetero) is 1. The molecule has 1 saturated heterocycles. The van der Waals surface area contributed by atoms with Crippen LogP contribution < -0.4 is 4.90 Å². The first-order valence-corrected chi connectivity index (χ1v) is 6.37. The van der Waals surface area contributed by atoms with E-state index in [0.717, 1.165) is 37.1 Å². The number of ketones is 1. The van der Waals surface area contributed by atoms with Gasteiger partial charge in [-0.25, -0.2) is 0 Å². The van der Waals surface area contributed by atoms with E-state index < -0.39 is 0 Å². The molecule has 1 saturated carbocycles. The van der Waals surface area contributed by atoms with Crippen LogP contribution in [0.15, 0.2) is 18.2 Å². The molecule has 2 fully saturated rings. The lowest BCUT2D eigenvalue weighted by atomic mass is 9.62. The van der Waals surface area contributed by atoms with Gasteiger partial charge in [0.15, 0.2) is 0 Å². The van der Waals surface area contributed by atoms with Crippen LogP contribution in [0, 0.1) is 12.3 Å². The monoisotopic (exact) mass is 241 g/mol. The molecule has 2 aliphatic rings. The molecule has 2 aromatic rings. The lowest BCUT2D eigenvalue weighted by Crippen LogP contribution is -2.62. The lowest BCUT2D eigenvalue weighted by molar-refractivity contribution is -0.134. The predicted molar refractivity (Wildman–Crippen MR) is 69.7 cm³/mol. The highest BCUT2D eigenvalue weighted by Crippen LogP contribution is 2.47. The summed E-state index contributed by atoms with van der Waals surface area (Å²) in [5.74, 6) is 0.425. The number of fused-ring (bicyclic) bond motifs is 1. The number of hydrogen-bond acceptors (Lipinski definition) is 3. The number of benzene rings is 1. The Kier molecular flexibility index (Phi) is 1.76. The largest absolute Gasteiger partial charge is 0.370 e. The van der Waals surface area contributed by atoms with E-state index in [9.17, 15) is 4.79 Å². The van der Waals surface area contributed by atoms with Gasteiger partial charge >= 0.3 is 0 Å². The zero-order valence-corrected chi connectivity index (χ0v) is 10.4. The highest BCUT2D eigenvalue weighted by atomic mass is 16.1. The second kappa shape index (κ2) is 3.13. The van der Waals surface area contributed by atoms with Gasteiger partial charge in [0.1, 0.15) is 5.78 Å². The van der Waals surface area contributed by atoms with E-state index in [1.165, 1.54) is 11.1 Å². The fourth-order valence-electron chi connectivity index (χ4n) is 3.30. The number of nitrogens with zero attached hydrogens (tertiary/aromatic N) is 2. The van der Waals surface area contributed by atoms with E-state index in [4.69, 9.17) is 0 Å². The molecular formula is C14H15N3O. The second-order valence-corrected chi connectivity index (χ2v) is 5.79. The highest BCUT2D eigenvalue weighted by Gasteiger charge is 2.52. The molecule has 0 amide bonds. The van der Waals surface area contributed by atoms with E-state index in [2.05, 4.69) is 33.3 Å². The summed E-state index contributed by atoms with van der Waals surface area (Å²) in [6.07, 6.45) is 1.57. The summed E-state index contributed by atoms with van der Waals surface area (Å²) in [4.78, 5) is 13.4. The number of anilines is 1. The Morgan fingerprint density at radius 2 is 2.11 bits per heavy atom. The molecule has 92 valence electrons. The molecule has 1 aliphatic carbocycles. The van der Waals surface area contributed by atoms with Gasteiger partial charge in [-0.3, -0.25) is 9.89 Å². The van der Waals surface area contributed by atoms with Crippen LogP contribution in [0.5, 0.6) is 0 Å². The average molecular weight is 241 g/mol. The number of aromatic amines is 1. The van der Waals surface area contributed by atoms with Crippen molar-refractivity contribution in [2.45, 2.75) is 19.8 Å². The number of carbonyl (C=O) groups excluding carboxylic acids is 1. The van der Waals surface area contributed by atoms with Crippen molar-refractivity contribution in [1.82, 2.24) is 10.2 Å². The third kappa shape index (κ3) is 1.26. The van der Waals surface area contributed by atoms with E-state index in [0.29, 0.717) is 11.2 Å². The summed E-state index contributed by atoms with van der Waals surface area (Å²) in [6, 6.07) is 6.43. The Morgan fingerprint density at radius 1 is 1.33 bits per heavy atom. The Hall–Kier alpha value is -1.84. The molecule has 1 aromatic heterocycles. The average Bonchev–Trinajstić information content (AvgIpc) is 2.63. The maximum atomic E-state index is 11.1. The molecular weight excluding hydrogens is 226 g/mol. The van der Waals surface area contributed by atoms with E-state index in [-0.39, 0.29) is 0 Å². The van der Waals surface area contributed by atoms with E-state index >= 15 is 0 Å². The number of carbonyl (C=O) groups is 1. The topological polar surface area (TPSA) is 49.0 Å². The molecule has 0 atom stereocenters. The fourth-order valence-corrected chi connectivity index (χ4v) is 3.30. The normalized spacial score (nSPS) is 21.2. The minimum atomic E-state index is 0.315. The molecule has 1 spiro atoms. The fraction of sp³-hybridized carbons (Fsp3) is 0.429. The molecule has 1 N–H and O–H groups in total. The molecule has 0 unspecified atom stereocenters. The Labute approximate surface area is 105 Å². The van der Waals surface area contributed by atoms with Crippen LogP contribution in [0.3, 0.4) is 0 Å². The first kappa shape index (κ1) is 10.1. The van der Waals surface area contributed by atoms with Crippen LogP contribution in [-0.4, -0.2) is 29.1 Å². The van der Waals surface area contributed by atoms with E-state index in [1.807, 2.05) is 6.92 Å². The molecule has 0 bridgehead atoms. The summed E-state index contributed by atoms with van der Waals surface area (Å²) < 4.78 is 0. The number of nitrogens with one attached hydrogen (secondary N) is 1. The molecule has 4 nitrogen and oxygen atoms in total. The van der Waals surface area contributed by atoms with Gasteiger partial charge in [0.25, 0.3) is 0 Å². The van der Waals surface area contributed by atoms with Crippen molar-refractivity contribution in [3.63, 3.8) is 0 Å². The summed E-state index contributed by atoms with van der Waals surface area (Å²) in [5.41, 5.74) is 3.68. The molecule has 1 aliphatic heterocycles. The number of rotatable bonds is 1. The zero-order chi connectivity index (χ0) is 12.3. The maximum absolute atomic E-state index is 11.1. The number of aryl methyl sites for hydroxylation is 1. The summed E-state index contributed by atoms with van der Waals surface area (Å²) in [5, 5.41) is 8.46. The van der Waals surface area contributed by atoms with Gasteiger partial charge < -0.3 is 4.90 Å². The SMILES string of the molecule is Cc1n[nH]c2cc(N3CC4(CC(=O)C4)C3)ccc12. The number of aromatic nitrogens is 2. The quantitative estimate of drug-likeness (QED) is 0.831. The van der Waals surface area contributed by atoms with Crippen molar-refractivity contribution in [3.05, 3.63) is 23.9 Å². The minimum Gasteiger partial charge on any atom is -0.370 e. The molecule has 0 radical (unpaired) electrons. The second-order valence-electron chi connectivity index (χ2n) is 5.79. The van der Waals surface area contributed by atoms with Crippen molar-refractivity contribution < 1.29 is 4.79 Å². The first-order chi connectivity index (χ1) is 8.65. The molecule has 4 heteroatoms. The Bertz CT molecular complexity index is 642. The van der Waals surface area contributed by atoms with Crippen LogP contribution in [0.4, 0.5) is 5.69 Å². The van der Waals surface area contributed by atoms with Crippen molar-refractivity contribution in [3.8, 4) is 0 Å². The van der Waals surface area contributed by atoms with Crippen LogP contribution in [-0.2, 0) is 4.79 Å². The van der Waals surface area contributed by atoms with Crippen molar-refractivity contribution in [2.24, 2.45) is 5.41 Å². The van der Waals surface area contributed by atoms with Gasteiger partial charge in [-0.15, -0.1) is 0 Å². The third-order valence-electron chi connectivity index (χ3n) is 4.30. The summed E-state index contributed by atoms with van der Waals surface area (Å²) in [6.45, 7) is 4.06. The van der Waals surface area contributed by atoms with Crippen LogP contribution in [0.2, 0.25) is 0 Å². The number of hydrogen-bond donors (Lipinski definition) is 1. The first-order valence-electron chi connectivity index (χ1n) is 6.37. The van der Waals surface area contributed by atoms with Gasteiger partial charge in [0, 0.05) is 42.4 Å². The Morgan fingerprint density at radius 3 is 2.83 bits per heavy atom. The smallest absolute Gasteiger partial charge is 0.134 e. The summed E-state index contributed by atoms with van der Waals surface area (Å²) in [7, 11) is 0. The standard InChI is InChI=1S/C14H15N3O/c1-9-12-3-2-10(4-13(12)16-15-9)17-7-14(8-17)5-11(18)6-14/h2-4H,5-8H2,1H3,(H,15,16). The zero-order valence-electron chi connectivity index (χ0n) is 10.4. The summed E-state index contributed by atoms with van der Waals surface area (Å²) >= 11 is 0. The third-order valence-corrected chi connectivity index (χ3v) is 4.30. The van der Waals surface area contributed by atoms with E-state index in [1.54, 1.807) is 0 Å². The highest BCUT2D eigenvalue weighted by molar-refractivity contribution is 5.88. The van der Waals surface area contributed by atoms with Crippen molar-refractivity contribution >= 4 is 22.4 Å².